The molecule has 3 rings (SSSR count). The largest absolute Gasteiger partial charge is 0.481 e. The van der Waals surface area contributed by atoms with E-state index in [1.54, 1.807) is 25.1 Å². The van der Waals surface area contributed by atoms with Gasteiger partial charge in [-0.25, -0.2) is 0 Å². The number of rotatable bonds is 4. The van der Waals surface area contributed by atoms with Crippen LogP contribution in [0.1, 0.15) is 34.9 Å². The lowest BCUT2D eigenvalue weighted by molar-refractivity contribution is -0.122. The van der Waals surface area contributed by atoms with Gasteiger partial charge in [0.25, 0.3) is 5.91 Å². The Labute approximate surface area is 150 Å². The van der Waals surface area contributed by atoms with E-state index in [1.807, 2.05) is 6.92 Å². The zero-order valence-electron chi connectivity index (χ0n) is 13.5. The maximum Gasteiger partial charge on any atom is 0.265 e. The second-order valence-electron chi connectivity index (χ2n) is 5.83. The highest BCUT2D eigenvalue weighted by Gasteiger charge is 2.24. The summed E-state index contributed by atoms with van der Waals surface area (Å²) in [5.41, 5.74) is 2.60. The van der Waals surface area contributed by atoms with Crippen LogP contribution >= 0.6 is 22.9 Å². The molecule has 4 nitrogen and oxygen atoms in total. The number of ether oxygens (including phenoxy) is 1. The van der Waals surface area contributed by atoms with Crippen molar-refractivity contribution in [3.8, 4) is 11.8 Å². The molecular formula is C18H17ClN2O2S. The highest BCUT2D eigenvalue weighted by molar-refractivity contribution is 7.16. The number of thiophene rings is 1. The summed E-state index contributed by atoms with van der Waals surface area (Å²) >= 11 is 7.49. The molecule has 0 fully saturated rings. The van der Waals surface area contributed by atoms with Gasteiger partial charge in [-0.05, 0) is 62.4 Å². The molecule has 1 heterocycles. The number of hydrogen-bond donors (Lipinski definition) is 1. The van der Waals surface area contributed by atoms with E-state index in [1.165, 1.54) is 16.2 Å². The normalized spacial score (nSPS) is 13.9. The Hall–Kier alpha value is -2.03. The highest BCUT2D eigenvalue weighted by atomic mass is 35.5. The summed E-state index contributed by atoms with van der Waals surface area (Å²) in [7, 11) is 0. The highest BCUT2D eigenvalue weighted by Crippen LogP contribution is 2.38. The van der Waals surface area contributed by atoms with Gasteiger partial charge in [-0.1, -0.05) is 11.6 Å². The molecule has 0 saturated heterocycles. The van der Waals surface area contributed by atoms with Crippen molar-refractivity contribution in [1.82, 2.24) is 0 Å². The van der Waals surface area contributed by atoms with Crippen molar-refractivity contribution in [2.45, 2.75) is 39.2 Å². The summed E-state index contributed by atoms with van der Waals surface area (Å²) in [4.78, 5) is 13.6. The molecule has 0 spiro atoms. The van der Waals surface area contributed by atoms with E-state index in [-0.39, 0.29) is 5.91 Å². The van der Waals surface area contributed by atoms with Gasteiger partial charge in [0, 0.05) is 9.90 Å². The maximum absolute atomic E-state index is 12.4. The fourth-order valence-corrected chi connectivity index (χ4v) is 4.13. The lowest BCUT2D eigenvalue weighted by Gasteiger charge is -2.15. The van der Waals surface area contributed by atoms with Crippen LogP contribution in [0.5, 0.6) is 5.75 Å². The van der Waals surface area contributed by atoms with E-state index in [9.17, 15) is 10.1 Å². The number of hydrogen-bond acceptors (Lipinski definition) is 4. The summed E-state index contributed by atoms with van der Waals surface area (Å²) in [5, 5.41) is 13.5. The van der Waals surface area contributed by atoms with Crippen LogP contribution in [0.25, 0.3) is 0 Å². The van der Waals surface area contributed by atoms with Crippen molar-refractivity contribution in [2.75, 3.05) is 5.32 Å². The number of nitriles is 1. The van der Waals surface area contributed by atoms with Crippen LogP contribution in [0.4, 0.5) is 5.00 Å². The summed E-state index contributed by atoms with van der Waals surface area (Å²) in [5.74, 6) is 0.327. The van der Waals surface area contributed by atoms with Crippen LogP contribution in [-0.4, -0.2) is 12.0 Å². The minimum absolute atomic E-state index is 0.265. The Kier molecular flexibility index (Phi) is 4.79. The molecule has 1 aliphatic carbocycles. The minimum Gasteiger partial charge on any atom is -0.481 e. The van der Waals surface area contributed by atoms with E-state index in [0.29, 0.717) is 21.3 Å². The topological polar surface area (TPSA) is 62.1 Å². The standard InChI is InChI=1S/C18H17ClN2O2S/c1-10-8-12(6-7-15(10)19)23-11(2)17(22)21-18-14(9-20)13-4-3-5-16(13)24-18/h6-8,11H,3-5H2,1-2H3,(H,21,22). The van der Waals surface area contributed by atoms with Crippen molar-refractivity contribution < 1.29 is 9.53 Å². The molecular weight excluding hydrogens is 344 g/mol. The molecule has 2 aromatic rings. The molecule has 1 aromatic carbocycles. The molecule has 0 aliphatic heterocycles. The van der Waals surface area contributed by atoms with Gasteiger partial charge in [0.05, 0.1) is 5.56 Å². The van der Waals surface area contributed by atoms with Crippen LogP contribution in [0.15, 0.2) is 18.2 Å². The van der Waals surface area contributed by atoms with Gasteiger partial charge in [0.1, 0.15) is 16.8 Å². The van der Waals surface area contributed by atoms with Crippen LogP contribution < -0.4 is 10.1 Å². The van der Waals surface area contributed by atoms with E-state index in [4.69, 9.17) is 16.3 Å². The Morgan fingerprint density at radius 3 is 2.96 bits per heavy atom. The number of carbonyl (C=O) groups is 1. The second-order valence-corrected chi connectivity index (χ2v) is 7.35. The zero-order valence-corrected chi connectivity index (χ0v) is 15.1. The molecule has 1 atom stereocenters. The third-order valence-electron chi connectivity index (χ3n) is 4.08. The van der Waals surface area contributed by atoms with Gasteiger partial charge in [-0.2, -0.15) is 5.26 Å². The fraction of sp³-hybridized carbons (Fsp3) is 0.333. The van der Waals surface area contributed by atoms with E-state index >= 15 is 0 Å². The molecule has 24 heavy (non-hydrogen) atoms. The minimum atomic E-state index is -0.672. The third kappa shape index (κ3) is 3.26. The van der Waals surface area contributed by atoms with E-state index in [2.05, 4.69) is 11.4 Å². The first kappa shape index (κ1) is 16.8. The number of amides is 1. The first-order chi connectivity index (χ1) is 11.5. The van der Waals surface area contributed by atoms with E-state index in [0.717, 1.165) is 30.4 Å². The number of carbonyl (C=O) groups excluding carboxylic acids is 1. The first-order valence-corrected chi connectivity index (χ1v) is 8.97. The Morgan fingerprint density at radius 1 is 1.46 bits per heavy atom. The van der Waals surface area contributed by atoms with Crippen LogP contribution in [0.2, 0.25) is 5.02 Å². The number of benzene rings is 1. The number of anilines is 1. The molecule has 1 aromatic heterocycles. The molecule has 1 N–H and O–H groups in total. The number of nitrogens with one attached hydrogen (secondary N) is 1. The van der Waals surface area contributed by atoms with Crippen molar-refractivity contribution in [2.24, 2.45) is 0 Å². The van der Waals surface area contributed by atoms with Crippen molar-refractivity contribution in [3.05, 3.63) is 44.8 Å². The fourth-order valence-electron chi connectivity index (χ4n) is 2.77. The second kappa shape index (κ2) is 6.84. The Bertz CT molecular complexity index is 838. The van der Waals surface area contributed by atoms with Gasteiger partial charge < -0.3 is 10.1 Å². The number of aryl methyl sites for hydroxylation is 2. The summed E-state index contributed by atoms with van der Waals surface area (Å²) in [6.45, 7) is 3.57. The van der Waals surface area contributed by atoms with Crippen molar-refractivity contribution in [1.29, 1.82) is 5.26 Å². The molecule has 1 amide bonds. The molecule has 1 aliphatic rings. The van der Waals surface area contributed by atoms with E-state index < -0.39 is 6.10 Å². The van der Waals surface area contributed by atoms with Gasteiger partial charge >= 0.3 is 0 Å². The number of halogens is 1. The van der Waals surface area contributed by atoms with Crippen LogP contribution in [0, 0.1) is 18.3 Å². The molecule has 0 radical (unpaired) electrons. The smallest absolute Gasteiger partial charge is 0.265 e. The predicted octanol–water partition coefficient (Wildman–Crippen LogP) is 4.48. The average molecular weight is 361 g/mol. The van der Waals surface area contributed by atoms with Crippen molar-refractivity contribution in [3.63, 3.8) is 0 Å². The van der Waals surface area contributed by atoms with Crippen LogP contribution in [-0.2, 0) is 17.6 Å². The summed E-state index contributed by atoms with van der Waals surface area (Å²) < 4.78 is 5.69. The van der Waals surface area contributed by atoms with Gasteiger partial charge in [0.15, 0.2) is 6.10 Å². The van der Waals surface area contributed by atoms with Gasteiger partial charge in [-0.15, -0.1) is 11.3 Å². The number of nitrogens with zero attached hydrogens (tertiary/aromatic N) is 1. The summed E-state index contributed by atoms with van der Waals surface area (Å²) in [6.07, 6.45) is 2.31. The first-order valence-electron chi connectivity index (χ1n) is 7.78. The molecule has 0 bridgehead atoms. The monoisotopic (exact) mass is 360 g/mol. The third-order valence-corrected chi connectivity index (χ3v) is 5.71. The summed E-state index contributed by atoms with van der Waals surface area (Å²) in [6, 6.07) is 7.50. The lowest BCUT2D eigenvalue weighted by Crippen LogP contribution is -2.30. The number of fused-ring (bicyclic) bond motifs is 1. The SMILES string of the molecule is Cc1cc(OC(C)C(=O)Nc2sc3c(c2C#N)CCC3)ccc1Cl. The maximum atomic E-state index is 12.4. The Balaban J connectivity index is 1.71. The predicted molar refractivity (Wildman–Crippen MR) is 96.0 cm³/mol. The van der Waals surface area contributed by atoms with Crippen LogP contribution in [0.3, 0.4) is 0 Å². The van der Waals surface area contributed by atoms with Crippen molar-refractivity contribution >= 4 is 33.8 Å². The Morgan fingerprint density at radius 2 is 2.25 bits per heavy atom. The average Bonchev–Trinajstić information content (AvgIpc) is 3.11. The van der Waals surface area contributed by atoms with Gasteiger partial charge in [-0.3, -0.25) is 4.79 Å². The van der Waals surface area contributed by atoms with Gasteiger partial charge in [0.2, 0.25) is 0 Å². The quantitative estimate of drug-likeness (QED) is 0.874. The molecule has 1 unspecified atom stereocenters. The molecule has 0 saturated carbocycles. The molecule has 124 valence electrons. The zero-order chi connectivity index (χ0) is 17.3. The lowest BCUT2D eigenvalue weighted by atomic mass is 10.1. The molecule has 6 heteroatoms.